The van der Waals surface area contributed by atoms with Gasteiger partial charge in [0.25, 0.3) is 0 Å². The first kappa shape index (κ1) is 22.8. The Morgan fingerprint density at radius 3 is 2.17 bits per heavy atom. The van der Waals surface area contributed by atoms with Gasteiger partial charge >= 0.3 is 0 Å². The van der Waals surface area contributed by atoms with Crippen molar-refractivity contribution in [3.05, 3.63) is 11.6 Å². The molecule has 0 bridgehead atoms. The van der Waals surface area contributed by atoms with Crippen LogP contribution in [0.3, 0.4) is 0 Å². The highest BCUT2D eigenvalue weighted by Crippen LogP contribution is 2.37. The van der Waals surface area contributed by atoms with Crippen LogP contribution in [0.4, 0.5) is 0 Å². The molecule has 0 radical (unpaired) electrons. The molecular weight excluding hydrogens is 308 g/mol. The third kappa shape index (κ3) is 9.01. The summed E-state index contributed by atoms with van der Waals surface area (Å²) in [5, 5.41) is 10.4. The molecule has 23 heavy (non-hydrogen) atoms. The molecule has 0 aromatic heterocycles. The van der Waals surface area contributed by atoms with Crippen molar-refractivity contribution in [2.24, 2.45) is 5.92 Å². The lowest BCUT2D eigenvalue weighted by Gasteiger charge is -2.36. The Morgan fingerprint density at radius 1 is 1.17 bits per heavy atom. The van der Waals surface area contributed by atoms with E-state index in [9.17, 15) is 5.11 Å². The van der Waals surface area contributed by atoms with Crippen molar-refractivity contribution in [1.29, 1.82) is 0 Å². The van der Waals surface area contributed by atoms with Gasteiger partial charge in [-0.05, 0) is 43.0 Å². The van der Waals surface area contributed by atoms with Crippen LogP contribution < -0.4 is 0 Å². The lowest BCUT2D eigenvalue weighted by atomic mass is 9.99. The minimum Gasteiger partial charge on any atom is -0.413 e. The summed E-state index contributed by atoms with van der Waals surface area (Å²) in [7, 11) is -0.199. The lowest BCUT2D eigenvalue weighted by Crippen LogP contribution is -2.41. The third-order valence-corrected chi connectivity index (χ3v) is 9.06. The van der Waals surface area contributed by atoms with Crippen LogP contribution in [0.2, 0.25) is 18.1 Å². The van der Waals surface area contributed by atoms with Crippen molar-refractivity contribution >= 4 is 8.32 Å². The largest absolute Gasteiger partial charge is 0.413 e. The number of aliphatic hydroxyl groups is 1. The Morgan fingerprint density at radius 2 is 1.74 bits per heavy atom. The van der Waals surface area contributed by atoms with Crippen molar-refractivity contribution in [2.75, 3.05) is 20.5 Å². The summed E-state index contributed by atoms with van der Waals surface area (Å²) in [6.45, 7) is 18.0. The number of ether oxygens (including phenoxy) is 2. The van der Waals surface area contributed by atoms with E-state index in [4.69, 9.17) is 13.9 Å². The molecule has 0 aliphatic rings. The first-order chi connectivity index (χ1) is 10.4. The molecule has 0 unspecified atom stereocenters. The lowest BCUT2D eigenvalue weighted by molar-refractivity contribution is -0.0499. The molecule has 0 aromatic carbocycles. The first-order valence-electron chi connectivity index (χ1n) is 8.53. The van der Waals surface area contributed by atoms with Gasteiger partial charge in [-0.15, -0.1) is 0 Å². The average molecular weight is 347 g/mol. The third-order valence-electron chi connectivity index (χ3n) is 4.58. The van der Waals surface area contributed by atoms with Crippen LogP contribution in [0.5, 0.6) is 0 Å². The molecule has 138 valence electrons. The fourth-order valence-corrected chi connectivity index (χ4v) is 2.70. The molecule has 0 aliphatic heterocycles. The van der Waals surface area contributed by atoms with Crippen LogP contribution in [-0.4, -0.2) is 46.1 Å². The molecule has 5 heteroatoms. The quantitative estimate of drug-likeness (QED) is 0.363. The maximum Gasteiger partial charge on any atom is 0.192 e. The zero-order valence-corrected chi connectivity index (χ0v) is 17.6. The van der Waals surface area contributed by atoms with Gasteiger partial charge in [0.2, 0.25) is 0 Å². The van der Waals surface area contributed by atoms with Gasteiger partial charge in [-0.1, -0.05) is 40.7 Å². The zero-order chi connectivity index (χ0) is 18.3. The highest BCUT2D eigenvalue weighted by Gasteiger charge is 2.37. The standard InChI is InChI=1S/C18H38O4Si/c1-14(2)17(19)11-16(10-15(3)21-13-20-7)12-22-23(8,9)18(4,5)6/h10,14-15,17,19H,11-13H2,1-9H3/b16-10+/t15-,17+/m0/s1. The summed E-state index contributed by atoms with van der Waals surface area (Å²) in [5.41, 5.74) is 1.10. The van der Waals surface area contributed by atoms with E-state index in [2.05, 4.69) is 39.9 Å². The van der Waals surface area contributed by atoms with Crippen molar-refractivity contribution in [3.63, 3.8) is 0 Å². The summed E-state index contributed by atoms with van der Waals surface area (Å²) in [5.74, 6) is 0.224. The molecule has 0 saturated carbocycles. The molecule has 0 saturated heterocycles. The molecule has 4 nitrogen and oxygen atoms in total. The smallest absolute Gasteiger partial charge is 0.192 e. The molecule has 0 heterocycles. The maximum absolute atomic E-state index is 10.2. The molecule has 2 atom stereocenters. The Bertz CT molecular complexity index is 359. The van der Waals surface area contributed by atoms with Crippen molar-refractivity contribution in [1.82, 2.24) is 0 Å². The highest BCUT2D eigenvalue weighted by atomic mass is 28.4. The molecule has 0 spiro atoms. The van der Waals surface area contributed by atoms with Gasteiger partial charge < -0.3 is 19.0 Å². The van der Waals surface area contributed by atoms with Gasteiger partial charge in [-0.3, -0.25) is 0 Å². The van der Waals surface area contributed by atoms with Gasteiger partial charge in [0.05, 0.1) is 18.8 Å². The fraction of sp³-hybridized carbons (Fsp3) is 0.889. The van der Waals surface area contributed by atoms with E-state index in [0.29, 0.717) is 13.0 Å². The molecular formula is C18H38O4Si. The SMILES string of the molecule is COCO[C@@H](C)/C=C(/CO[Si](C)(C)C(C)(C)C)C[C@@H](O)C(C)C. The van der Waals surface area contributed by atoms with Gasteiger partial charge in [-0.2, -0.15) is 0 Å². The van der Waals surface area contributed by atoms with Crippen molar-refractivity contribution < 1.29 is 19.0 Å². The van der Waals surface area contributed by atoms with Gasteiger partial charge in [-0.25, -0.2) is 0 Å². The summed E-state index contributed by atoms with van der Waals surface area (Å²) in [4.78, 5) is 0. The minimum atomic E-state index is -1.81. The number of aliphatic hydroxyl groups excluding tert-OH is 1. The van der Waals surface area contributed by atoms with Crippen LogP contribution in [0, 0.1) is 5.92 Å². The van der Waals surface area contributed by atoms with Crippen LogP contribution >= 0.6 is 0 Å². The van der Waals surface area contributed by atoms with Crippen LogP contribution in [0.25, 0.3) is 0 Å². The van der Waals surface area contributed by atoms with Crippen LogP contribution in [0.15, 0.2) is 11.6 Å². The summed E-state index contributed by atoms with van der Waals surface area (Å²) in [6, 6.07) is 0. The number of methoxy groups -OCH3 is 1. The Hall–Kier alpha value is -0.203. The fourth-order valence-electron chi connectivity index (χ4n) is 1.72. The Kier molecular flexibility index (Phi) is 9.85. The Labute approximate surface area is 144 Å². The monoisotopic (exact) mass is 346 g/mol. The molecule has 1 N–H and O–H groups in total. The Balaban J connectivity index is 4.95. The highest BCUT2D eigenvalue weighted by molar-refractivity contribution is 6.74. The second kappa shape index (κ2) is 9.94. The van der Waals surface area contributed by atoms with E-state index < -0.39 is 8.32 Å². The summed E-state index contributed by atoms with van der Waals surface area (Å²) in [6.07, 6.45) is 2.25. The van der Waals surface area contributed by atoms with E-state index in [1.807, 2.05) is 20.8 Å². The van der Waals surface area contributed by atoms with Crippen molar-refractivity contribution in [2.45, 2.75) is 78.3 Å². The number of rotatable bonds is 10. The van der Waals surface area contributed by atoms with E-state index in [1.165, 1.54) is 0 Å². The van der Waals surface area contributed by atoms with E-state index in [0.717, 1.165) is 5.57 Å². The molecule has 0 fully saturated rings. The van der Waals surface area contributed by atoms with Crippen LogP contribution in [0.1, 0.15) is 48.0 Å². The average Bonchev–Trinajstić information content (AvgIpc) is 2.41. The zero-order valence-electron chi connectivity index (χ0n) is 16.6. The van der Waals surface area contributed by atoms with E-state index >= 15 is 0 Å². The van der Waals surface area contributed by atoms with Gasteiger partial charge in [0, 0.05) is 7.11 Å². The number of hydrogen-bond donors (Lipinski definition) is 1. The summed E-state index contributed by atoms with van der Waals surface area (Å²) < 4.78 is 16.8. The molecule has 0 aliphatic carbocycles. The maximum atomic E-state index is 10.2. The predicted molar refractivity (Wildman–Crippen MR) is 99.1 cm³/mol. The van der Waals surface area contributed by atoms with Crippen molar-refractivity contribution in [3.8, 4) is 0 Å². The number of hydrogen-bond acceptors (Lipinski definition) is 4. The second-order valence-electron chi connectivity index (χ2n) is 8.17. The van der Waals surface area contributed by atoms with E-state index in [-0.39, 0.29) is 30.0 Å². The van der Waals surface area contributed by atoms with Gasteiger partial charge in [0.15, 0.2) is 8.32 Å². The summed E-state index contributed by atoms with van der Waals surface area (Å²) >= 11 is 0. The molecule has 0 amide bonds. The van der Waals surface area contributed by atoms with Gasteiger partial charge in [0.1, 0.15) is 6.79 Å². The molecule has 0 aromatic rings. The normalized spacial score (nSPS) is 16.7. The minimum absolute atomic E-state index is 0.0627. The van der Waals surface area contributed by atoms with Crippen LogP contribution in [-0.2, 0) is 13.9 Å². The second-order valence-corrected chi connectivity index (χ2v) is 13.0. The first-order valence-corrected chi connectivity index (χ1v) is 11.4. The van der Waals surface area contributed by atoms with E-state index in [1.54, 1.807) is 7.11 Å². The predicted octanol–water partition coefficient (Wildman–Crippen LogP) is 4.35. The molecule has 0 rings (SSSR count). The topological polar surface area (TPSA) is 47.9 Å².